The number of rotatable bonds is 0. The second kappa shape index (κ2) is 4.93. The first-order valence-electron chi connectivity index (χ1n) is 2.97. The molecule has 1 fully saturated rings. The first-order chi connectivity index (χ1) is 4.63. The Morgan fingerprint density at radius 3 is 2.09 bits per heavy atom. The fourth-order valence-electron chi connectivity index (χ4n) is 0.791. The maximum absolute atomic E-state index is 8.88. The van der Waals surface area contributed by atoms with Gasteiger partial charge in [0.15, 0.2) is 6.29 Å². The summed E-state index contributed by atoms with van der Waals surface area (Å²) in [7, 11) is 0. The van der Waals surface area contributed by atoms with Crippen LogP contribution in [0.15, 0.2) is 0 Å². The third-order valence-electron chi connectivity index (χ3n) is 1.47. The van der Waals surface area contributed by atoms with E-state index in [0.29, 0.717) is 0 Å². The third-order valence-corrected chi connectivity index (χ3v) is 1.47. The summed E-state index contributed by atoms with van der Waals surface area (Å²) in [5.41, 5.74) is 0. The largest absolute Gasteiger partial charge is 2.00 e. The molecule has 4 atom stereocenters. The van der Waals surface area contributed by atoms with Gasteiger partial charge in [-0.25, -0.2) is 0 Å². The number of hydrogen-bond donors (Lipinski definition) is 4. The molecule has 0 aromatic carbocycles. The second-order valence-electron chi connectivity index (χ2n) is 2.27. The van der Waals surface area contributed by atoms with Gasteiger partial charge in [-0.3, -0.25) is 0 Å². The van der Waals surface area contributed by atoms with Crippen molar-refractivity contribution in [3.05, 3.63) is 0 Å². The molecule has 1 saturated heterocycles. The predicted octanol–water partition coefficient (Wildman–Crippen LogP) is -2.74. The quantitative estimate of drug-likeness (QED) is 0.313. The van der Waals surface area contributed by atoms with Gasteiger partial charge in [0.1, 0.15) is 18.3 Å². The maximum atomic E-state index is 8.88. The molecular weight excluding hydrogens is 180 g/mol. The minimum absolute atomic E-state index is 0. The van der Waals surface area contributed by atoms with Crippen LogP contribution in [0.25, 0.3) is 0 Å². The van der Waals surface area contributed by atoms with Crippen molar-refractivity contribution in [1.29, 1.82) is 0 Å². The van der Waals surface area contributed by atoms with Crippen LogP contribution < -0.4 is 0 Å². The molecule has 0 amide bonds. The molecule has 1 aliphatic heterocycles. The van der Waals surface area contributed by atoms with Gasteiger partial charge >= 0.3 is 37.7 Å². The minimum atomic E-state index is -1.41. The summed E-state index contributed by atoms with van der Waals surface area (Å²) in [6, 6.07) is 0. The maximum Gasteiger partial charge on any atom is 2.00 e. The van der Waals surface area contributed by atoms with Gasteiger partial charge in [0.05, 0.1) is 6.61 Å². The van der Waals surface area contributed by atoms with E-state index in [0.717, 1.165) is 0 Å². The zero-order chi connectivity index (χ0) is 7.72. The Labute approximate surface area is 96.6 Å². The van der Waals surface area contributed by atoms with Crippen LogP contribution in [0.1, 0.15) is 2.85 Å². The van der Waals surface area contributed by atoms with E-state index in [1.807, 2.05) is 0 Å². The fourth-order valence-corrected chi connectivity index (χ4v) is 0.791. The number of aliphatic hydroxyl groups excluding tert-OH is 4. The molecule has 64 valence electrons. The van der Waals surface area contributed by atoms with E-state index in [-0.39, 0.29) is 47.2 Å². The number of aliphatic hydroxyl groups is 4. The molecule has 0 saturated carbocycles. The van der Waals surface area contributed by atoms with Gasteiger partial charge in [0.25, 0.3) is 0 Å². The second-order valence-corrected chi connectivity index (χ2v) is 2.27. The normalized spacial score (nSPS) is 44.7. The monoisotopic (exact) mass is 192 g/mol. The summed E-state index contributed by atoms with van der Waals surface area (Å²) in [5.74, 6) is 0. The average Bonchev–Trinajstić information content (AvgIpc) is 1.93. The topological polar surface area (TPSA) is 90.2 Å². The molecular formula is C5H12CaO5. The number of hydrogen-bond acceptors (Lipinski definition) is 5. The van der Waals surface area contributed by atoms with Crippen LogP contribution in [0.4, 0.5) is 0 Å². The summed E-state index contributed by atoms with van der Waals surface area (Å²) in [4.78, 5) is 0. The van der Waals surface area contributed by atoms with E-state index >= 15 is 0 Å². The van der Waals surface area contributed by atoms with Gasteiger partial charge < -0.3 is 28.0 Å². The number of ether oxygens (including phenoxy) is 1. The molecule has 1 heterocycles. The van der Waals surface area contributed by atoms with E-state index in [9.17, 15) is 0 Å². The Hall–Kier alpha value is 1.06. The van der Waals surface area contributed by atoms with Crippen molar-refractivity contribution in [3.8, 4) is 0 Å². The summed E-state index contributed by atoms with van der Waals surface area (Å²) < 4.78 is 4.47. The summed E-state index contributed by atoms with van der Waals surface area (Å²) >= 11 is 0. The van der Waals surface area contributed by atoms with E-state index in [1.165, 1.54) is 0 Å². The van der Waals surface area contributed by atoms with Crippen molar-refractivity contribution in [1.82, 2.24) is 0 Å². The van der Waals surface area contributed by atoms with Crippen LogP contribution in [0.5, 0.6) is 0 Å². The Morgan fingerprint density at radius 2 is 1.64 bits per heavy atom. The van der Waals surface area contributed by atoms with Gasteiger partial charge in [0.2, 0.25) is 0 Å². The molecule has 0 aliphatic carbocycles. The summed E-state index contributed by atoms with van der Waals surface area (Å²) in [5, 5.41) is 35.3. The predicted molar refractivity (Wildman–Crippen MR) is 38.0 cm³/mol. The standard InChI is InChI=1S/C5H10O5.Ca.2H/c6-2-1-10-5(9)4(8)3(2)7;;;/h2-9H,1H2;;;/q;+2;2*-1/t2-,3+,4-,5?;;;/m1.../s1. The molecule has 0 aromatic rings. The van der Waals surface area contributed by atoms with Crippen molar-refractivity contribution in [2.24, 2.45) is 0 Å². The van der Waals surface area contributed by atoms with E-state index < -0.39 is 24.6 Å². The summed E-state index contributed by atoms with van der Waals surface area (Å²) in [6.45, 7) is -0.153. The SMILES string of the molecule is OC1OC[C@@H](O)[C@H](O)[C@H]1O.[Ca+2].[H-].[H-]. The zero-order valence-corrected chi connectivity index (χ0v) is 8.13. The van der Waals surface area contributed by atoms with Crippen LogP contribution in [0, 0.1) is 0 Å². The zero-order valence-electron chi connectivity index (χ0n) is 7.92. The molecule has 6 heteroatoms. The molecule has 1 aliphatic rings. The Bertz CT molecular complexity index is 115. The van der Waals surface area contributed by atoms with E-state index in [4.69, 9.17) is 20.4 Å². The molecule has 0 bridgehead atoms. The third kappa shape index (κ3) is 2.78. The van der Waals surface area contributed by atoms with E-state index in [2.05, 4.69) is 4.74 Å². The molecule has 1 unspecified atom stereocenters. The molecule has 0 aromatic heterocycles. The van der Waals surface area contributed by atoms with Crippen molar-refractivity contribution >= 4 is 37.7 Å². The molecule has 5 nitrogen and oxygen atoms in total. The first-order valence-corrected chi connectivity index (χ1v) is 2.97. The van der Waals surface area contributed by atoms with Gasteiger partial charge in [-0.1, -0.05) is 0 Å². The van der Waals surface area contributed by atoms with Crippen molar-refractivity contribution in [3.63, 3.8) is 0 Å². The molecule has 4 N–H and O–H groups in total. The van der Waals surface area contributed by atoms with Gasteiger partial charge in [-0.15, -0.1) is 0 Å². The molecule has 1 rings (SSSR count). The van der Waals surface area contributed by atoms with Crippen LogP contribution in [0.2, 0.25) is 0 Å². The Balaban J connectivity index is -0.000000333. The van der Waals surface area contributed by atoms with Crippen LogP contribution in [0.3, 0.4) is 0 Å². The Kier molecular flexibility index (Phi) is 5.41. The summed E-state index contributed by atoms with van der Waals surface area (Å²) in [6.07, 6.45) is -5.23. The molecule has 11 heavy (non-hydrogen) atoms. The first kappa shape index (κ1) is 12.1. The molecule has 0 spiro atoms. The van der Waals surface area contributed by atoms with Gasteiger partial charge in [0, 0.05) is 0 Å². The van der Waals surface area contributed by atoms with Crippen molar-refractivity contribution < 1.29 is 28.0 Å². The van der Waals surface area contributed by atoms with E-state index in [1.54, 1.807) is 0 Å². The van der Waals surface area contributed by atoms with Crippen molar-refractivity contribution in [2.75, 3.05) is 6.61 Å². The van der Waals surface area contributed by atoms with Crippen molar-refractivity contribution in [2.45, 2.75) is 24.6 Å². The molecule has 0 radical (unpaired) electrons. The minimum Gasteiger partial charge on any atom is -1.00 e. The van der Waals surface area contributed by atoms with Crippen LogP contribution in [-0.2, 0) is 4.74 Å². The smallest absolute Gasteiger partial charge is 1.00 e. The van der Waals surface area contributed by atoms with Crippen LogP contribution >= 0.6 is 0 Å². The van der Waals surface area contributed by atoms with Gasteiger partial charge in [-0.05, 0) is 0 Å². The Morgan fingerprint density at radius 1 is 1.09 bits per heavy atom. The van der Waals surface area contributed by atoms with Crippen LogP contribution in [-0.4, -0.2) is 89.4 Å². The fraction of sp³-hybridized carbons (Fsp3) is 1.00. The average molecular weight is 192 g/mol. The van der Waals surface area contributed by atoms with Gasteiger partial charge in [-0.2, -0.15) is 0 Å².